The van der Waals surface area contributed by atoms with Crippen LogP contribution in [0.15, 0.2) is 48.5 Å². The van der Waals surface area contributed by atoms with E-state index in [1.54, 1.807) is 55.6 Å². The molecule has 0 aliphatic heterocycles. The monoisotopic (exact) mass is 667 g/mol. The predicted molar refractivity (Wildman–Crippen MR) is 191 cm³/mol. The molecule has 2 aromatic rings. The summed E-state index contributed by atoms with van der Waals surface area (Å²) in [6.07, 6.45) is 12.3. The molecule has 0 saturated heterocycles. The minimum Gasteiger partial charge on any atom is -0.497 e. The van der Waals surface area contributed by atoms with E-state index in [0.717, 1.165) is 19.4 Å². The van der Waals surface area contributed by atoms with Crippen molar-refractivity contribution in [2.24, 2.45) is 5.73 Å². The molecule has 5 N–H and O–H groups in total. The number of methoxy groups -OCH3 is 1. The van der Waals surface area contributed by atoms with Crippen LogP contribution in [-0.2, 0) is 19.2 Å². The quantitative estimate of drug-likeness (QED) is 0.0703. The second-order valence-electron chi connectivity index (χ2n) is 11.9. The van der Waals surface area contributed by atoms with Crippen molar-refractivity contribution in [2.45, 2.75) is 110 Å². The lowest BCUT2D eigenvalue weighted by molar-refractivity contribution is -0.128. The lowest BCUT2D eigenvalue weighted by Crippen LogP contribution is -2.53. The highest BCUT2D eigenvalue weighted by Crippen LogP contribution is 2.21. The molecule has 1 unspecified atom stereocenters. The number of carbonyl (C=O) groups is 4. The van der Waals surface area contributed by atoms with Gasteiger partial charge in [0.25, 0.3) is 5.91 Å². The van der Waals surface area contributed by atoms with Crippen LogP contribution < -0.4 is 36.1 Å². The first kappa shape index (κ1) is 39.9. The van der Waals surface area contributed by atoms with E-state index in [2.05, 4.69) is 22.9 Å². The molecule has 0 spiro atoms. The molecule has 0 aliphatic rings. The number of likely N-dealkylation sites (N-methyl/N-ethyl adjacent to an activating group) is 1. The van der Waals surface area contributed by atoms with Crippen molar-refractivity contribution < 1.29 is 28.7 Å². The highest BCUT2D eigenvalue weighted by molar-refractivity contribution is 6.00. The van der Waals surface area contributed by atoms with Crippen molar-refractivity contribution in [3.05, 3.63) is 48.5 Å². The molecule has 0 aliphatic carbocycles. The molecule has 0 saturated carbocycles. The fourth-order valence-electron chi connectivity index (χ4n) is 5.18. The molecule has 2 aromatic carbocycles. The Morgan fingerprint density at radius 3 is 1.92 bits per heavy atom. The van der Waals surface area contributed by atoms with Gasteiger partial charge in [0.05, 0.1) is 13.7 Å². The van der Waals surface area contributed by atoms with Crippen LogP contribution in [0.2, 0.25) is 0 Å². The third-order valence-corrected chi connectivity index (χ3v) is 7.95. The van der Waals surface area contributed by atoms with Crippen LogP contribution in [0.3, 0.4) is 0 Å². The summed E-state index contributed by atoms with van der Waals surface area (Å²) >= 11 is 0. The predicted octanol–water partition coefficient (Wildman–Crippen LogP) is 6.06. The molecule has 48 heavy (non-hydrogen) atoms. The Hall–Kier alpha value is -4.28. The Labute approximate surface area is 286 Å². The third-order valence-electron chi connectivity index (χ3n) is 7.95. The smallest absolute Gasteiger partial charge is 0.270 e. The van der Waals surface area contributed by atoms with Crippen LogP contribution in [0.25, 0.3) is 0 Å². The number of nitrogens with two attached hydrogens (primary N) is 1. The van der Waals surface area contributed by atoms with Crippen LogP contribution in [0.5, 0.6) is 11.5 Å². The van der Waals surface area contributed by atoms with Crippen LogP contribution >= 0.6 is 0 Å². The fraction of sp³-hybridized carbons (Fsp3) is 0.568. The number of unbranched alkanes of at least 4 members (excludes halogenated alkanes) is 9. The van der Waals surface area contributed by atoms with Gasteiger partial charge in [0, 0.05) is 43.7 Å². The Balaban J connectivity index is 1.79. The summed E-state index contributed by atoms with van der Waals surface area (Å²) in [5.74, 6) is -0.164. The molecule has 0 bridgehead atoms. The number of rotatable bonds is 26. The normalized spacial score (nSPS) is 11.3. The summed E-state index contributed by atoms with van der Waals surface area (Å²) in [6.45, 7) is 5.54. The van der Waals surface area contributed by atoms with Gasteiger partial charge in [0.2, 0.25) is 17.7 Å². The van der Waals surface area contributed by atoms with E-state index in [0.29, 0.717) is 48.9 Å². The van der Waals surface area contributed by atoms with E-state index in [4.69, 9.17) is 15.2 Å². The van der Waals surface area contributed by atoms with E-state index < -0.39 is 18.0 Å². The summed E-state index contributed by atoms with van der Waals surface area (Å²) in [6, 6.07) is 14.0. The van der Waals surface area contributed by atoms with Gasteiger partial charge in [-0.3, -0.25) is 19.2 Å². The summed E-state index contributed by atoms with van der Waals surface area (Å²) in [7, 11) is 1.56. The molecule has 0 radical (unpaired) electrons. The number of carbonyl (C=O) groups excluding carboxylic acids is 4. The molecular formula is C37H57N5O6. The Morgan fingerprint density at radius 2 is 1.33 bits per heavy atom. The second-order valence-corrected chi connectivity index (χ2v) is 11.9. The zero-order valence-corrected chi connectivity index (χ0v) is 29.2. The van der Waals surface area contributed by atoms with Gasteiger partial charge in [0.1, 0.15) is 11.5 Å². The van der Waals surface area contributed by atoms with E-state index in [-0.39, 0.29) is 24.7 Å². The number of amides is 4. The number of anilines is 2. The summed E-state index contributed by atoms with van der Waals surface area (Å²) < 4.78 is 11.0. The molecule has 1 atom stereocenters. The van der Waals surface area contributed by atoms with E-state index >= 15 is 0 Å². The number of nitrogens with zero attached hydrogens (tertiary/aromatic N) is 1. The SMILES string of the molecule is CCCCCCCCCCCCNC(=O)CCCOc1ccc(NC(NC(=O)CCC(N)=O)C(=O)N(CC)c2ccc(OC)cc2)cc1. The van der Waals surface area contributed by atoms with Gasteiger partial charge in [-0.25, -0.2) is 0 Å². The molecule has 266 valence electrons. The Bertz CT molecular complexity index is 1220. The maximum Gasteiger partial charge on any atom is 0.270 e. The van der Waals surface area contributed by atoms with Gasteiger partial charge in [-0.05, 0) is 68.3 Å². The molecule has 0 aromatic heterocycles. The zero-order chi connectivity index (χ0) is 35.0. The lowest BCUT2D eigenvalue weighted by Gasteiger charge is -2.28. The first-order chi connectivity index (χ1) is 23.3. The number of hydrogen-bond acceptors (Lipinski definition) is 7. The average Bonchev–Trinajstić information content (AvgIpc) is 3.09. The maximum absolute atomic E-state index is 13.6. The van der Waals surface area contributed by atoms with Crippen LogP contribution in [0.4, 0.5) is 11.4 Å². The van der Waals surface area contributed by atoms with Gasteiger partial charge in [-0.15, -0.1) is 0 Å². The van der Waals surface area contributed by atoms with Crippen LogP contribution in [0, 0.1) is 0 Å². The van der Waals surface area contributed by atoms with Gasteiger partial charge >= 0.3 is 0 Å². The molecule has 11 nitrogen and oxygen atoms in total. The molecule has 0 heterocycles. The first-order valence-electron chi connectivity index (χ1n) is 17.6. The van der Waals surface area contributed by atoms with E-state index in [9.17, 15) is 19.2 Å². The highest BCUT2D eigenvalue weighted by atomic mass is 16.5. The van der Waals surface area contributed by atoms with Gasteiger partial charge in [0.15, 0.2) is 6.17 Å². The zero-order valence-electron chi connectivity index (χ0n) is 29.2. The molecule has 4 amide bonds. The van der Waals surface area contributed by atoms with Crippen molar-refractivity contribution in [2.75, 3.05) is 37.0 Å². The minimum absolute atomic E-state index is 0.0402. The topological polar surface area (TPSA) is 152 Å². The van der Waals surface area contributed by atoms with Gasteiger partial charge in [-0.2, -0.15) is 0 Å². The molecule has 2 rings (SSSR count). The molecule has 11 heteroatoms. The standard InChI is InChI=1S/C37H57N5O6/c1-4-6-7-8-9-10-11-12-13-14-27-39-34(44)16-15-28-48-32-21-17-29(18-22-32)40-36(41-35(45)26-25-33(38)43)37(46)42(5-2)30-19-23-31(47-3)24-20-30/h17-24,36,40H,4-16,25-28H2,1-3H3,(H2,38,43)(H,39,44)(H,41,45). The third kappa shape index (κ3) is 16.5. The number of nitrogens with one attached hydrogen (secondary N) is 3. The summed E-state index contributed by atoms with van der Waals surface area (Å²) in [5.41, 5.74) is 6.41. The van der Waals surface area contributed by atoms with Crippen molar-refractivity contribution in [1.82, 2.24) is 10.6 Å². The number of primary amides is 1. The number of hydrogen-bond donors (Lipinski definition) is 4. The first-order valence-corrected chi connectivity index (χ1v) is 17.6. The van der Waals surface area contributed by atoms with E-state index in [1.165, 1.54) is 56.3 Å². The molecular weight excluding hydrogens is 610 g/mol. The maximum atomic E-state index is 13.6. The number of ether oxygens (including phenoxy) is 2. The summed E-state index contributed by atoms with van der Waals surface area (Å²) in [5, 5.41) is 8.78. The van der Waals surface area contributed by atoms with Crippen molar-refractivity contribution in [3.8, 4) is 11.5 Å². The highest BCUT2D eigenvalue weighted by Gasteiger charge is 2.26. The summed E-state index contributed by atoms with van der Waals surface area (Å²) in [4.78, 5) is 51.2. The number of benzene rings is 2. The van der Waals surface area contributed by atoms with Crippen molar-refractivity contribution >= 4 is 35.0 Å². The minimum atomic E-state index is -1.11. The largest absolute Gasteiger partial charge is 0.497 e. The Morgan fingerprint density at radius 1 is 0.729 bits per heavy atom. The fourth-order valence-corrected chi connectivity index (χ4v) is 5.18. The Kier molecular flexibility index (Phi) is 19.9. The van der Waals surface area contributed by atoms with Gasteiger partial charge in [-0.1, -0.05) is 64.7 Å². The second kappa shape index (κ2) is 23.9. The van der Waals surface area contributed by atoms with Crippen LogP contribution in [0.1, 0.15) is 104 Å². The van der Waals surface area contributed by atoms with Crippen molar-refractivity contribution in [3.63, 3.8) is 0 Å². The van der Waals surface area contributed by atoms with Crippen molar-refractivity contribution in [1.29, 1.82) is 0 Å². The van der Waals surface area contributed by atoms with Crippen LogP contribution in [-0.4, -0.2) is 56.6 Å². The average molecular weight is 668 g/mol. The van der Waals surface area contributed by atoms with Gasteiger partial charge < -0.3 is 36.1 Å². The van der Waals surface area contributed by atoms with E-state index in [1.807, 2.05) is 6.92 Å². The molecule has 0 fully saturated rings. The lowest BCUT2D eigenvalue weighted by atomic mass is 10.1.